The summed E-state index contributed by atoms with van der Waals surface area (Å²) in [7, 11) is 0. The second-order valence-electron chi connectivity index (χ2n) is 7.77. The second kappa shape index (κ2) is 17.8. The molecule has 1 heterocycles. The summed E-state index contributed by atoms with van der Waals surface area (Å²) in [6, 6.07) is 17.0. The van der Waals surface area contributed by atoms with Gasteiger partial charge in [0.25, 0.3) is 0 Å². The van der Waals surface area contributed by atoms with E-state index in [4.69, 9.17) is 15.0 Å². The summed E-state index contributed by atoms with van der Waals surface area (Å²) in [6.45, 7) is 10.8. The molecule has 0 N–H and O–H groups in total. The molecule has 0 aliphatic carbocycles. The molecule has 189 valence electrons. The quantitative estimate of drug-likeness (QED) is 0.294. The molecule has 0 atom stereocenters. The van der Waals surface area contributed by atoms with Crippen LogP contribution < -0.4 is 37.2 Å². The van der Waals surface area contributed by atoms with E-state index < -0.39 is 0 Å². The van der Waals surface area contributed by atoms with Crippen molar-refractivity contribution in [3.05, 3.63) is 87.7 Å². The van der Waals surface area contributed by atoms with E-state index in [1.807, 2.05) is 12.4 Å². The van der Waals surface area contributed by atoms with Gasteiger partial charge in [-0.05, 0) is 72.6 Å². The maximum atomic E-state index is 4.84. The molecular formula is C28H33Cl3N3V-3. The number of hydrogen-bond donors (Lipinski definition) is 0. The van der Waals surface area contributed by atoms with Crippen LogP contribution in [0.15, 0.2) is 58.5 Å². The van der Waals surface area contributed by atoms with Gasteiger partial charge in [0, 0.05) is 18.6 Å². The van der Waals surface area contributed by atoms with Gasteiger partial charge in [-0.25, -0.2) is 4.98 Å². The number of halogens is 3. The third-order valence-corrected chi connectivity index (χ3v) is 5.59. The van der Waals surface area contributed by atoms with Gasteiger partial charge >= 0.3 is 0 Å². The maximum absolute atomic E-state index is 4.84. The molecule has 0 aliphatic heterocycles. The van der Waals surface area contributed by atoms with Crippen molar-refractivity contribution in [2.24, 2.45) is 9.98 Å². The molecule has 0 saturated heterocycles. The predicted molar refractivity (Wildman–Crippen MR) is 134 cm³/mol. The first kappa shape index (κ1) is 35.5. The number of aryl methyl sites for hydroxylation is 5. The summed E-state index contributed by atoms with van der Waals surface area (Å²) < 4.78 is 0. The normalized spacial score (nSPS) is 10.3. The largest absolute Gasteiger partial charge is 1.00 e. The topological polar surface area (TPSA) is 37.6 Å². The summed E-state index contributed by atoms with van der Waals surface area (Å²) in [5.41, 5.74) is 10.1. The van der Waals surface area contributed by atoms with Crippen molar-refractivity contribution in [2.75, 3.05) is 0 Å². The summed E-state index contributed by atoms with van der Waals surface area (Å²) in [4.78, 5) is 14.5. The van der Waals surface area contributed by atoms with Gasteiger partial charge in [0.05, 0.1) is 35.2 Å². The van der Waals surface area contributed by atoms with Gasteiger partial charge in [-0.1, -0.05) is 64.1 Å². The van der Waals surface area contributed by atoms with Crippen LogP contribution in [-0.4, -0.2) is 17.4 Å². The Morgan fingerprint density at radius 1 is 0.629 bits per heavy atom. The minimum Gasteiger partial charge on any atom is -1.00 e. The molecule has 1 aromatic heterocycles. The third kappa shape index (κ3) is 9.40. The zero-order chi connectivity index (χ0) is 22.2. The number of nitrogens with zero attached hydrogens (tertiary/aromatic N) is 3. The molecule has 3 rings (SSSR count). The second-order valence-corrected chi connectivity index (χ2v) is 7.77. The molecule has 2 aromatic carbocycles. The van der Waals surface area contributed by atoms with Crippen molar-refractivity contribution in [3.8, 4) is 0 Å². The molecule has 0 fully saturated rings. The number of pyridine rings is 1. The van der Waals surface area contributed by atoms with Crippen LogP contribution in [0.5, 0.6) is 0 Å². The number of aromatic nitrogens is 1. The van der Waals surface area contributed by atoms with Crippen LogP contribution in [0.25, 0.3) is 0 Å². The number of hydrogen-bond acceptors (Lipinski definition) is 3. The first-order valence-electron chi connectivity index (χ1n) is 11.4. The minimum atomic E-state index is 0. The van der Waals surface area contributed by atoms with Crippen LogP contribution in [0.1, 0.15) is 66.9 Å². The summed E-state index contributed by atoms with van der Waals surface area (Å²) in [5.74, 6) is 0. The Hall–Kier alpha value is -1.62. The van der Waals surface area contributed by atoms with Crippen LogP contribution in [-0.2, 0) is 44.2 Å². The molecule has 0 bridgehead atoms. The Balaban J connectivity index is 0. The van der Waals surface area contributed by atoms with E-state index in [0.717, 1.165) is 54.0 Å². The Bertz CT molecular complexity index is 986. The molecule has 0 saturated carbocycles. The minimum absolute atomic E-state index is 0. The van der Waals surface area contributed by atoms with Gasteiger partial charge in [-0.15, -0.1) is 0 Å². The van der Waals surface area contributed by atoms with Crippen molar-refractivity contribution in [3.63, 3.8) is 0 Å². The van der Waals surface area contributed by atoms with Crippen LogP contribution in [0.3, 0.4) is 0 Å². The molecule has 0 aliphatic rings. The van der Waals surface area contributed by atoms with Crippen molar-refractivity contribution >= 4 is 23.8 Å². The van der Waals surface area contributed by atoms with Gasteiger partial charge in [-0.3, -0.25) is 9.98 Å². The summed E-state index contributed by atoms with van der Waals surface area (Å²) in [5, 5.41) is 0. The fourth-order valence-electron chi connectivity index (χ4n) is 3.88. The Labute approximate surface area is 241 Å². The van der Waals surface area contributed by atoms with Crippen LogP contribution in [0, 0.1) is 6.92 Å². The SMILES string of the molecule is CCc1cccc(CC)c1N=Cc1cc(C)cc(C=Nc2c(CC)cccc2CC)n1.[Cl-].[Cl-].[Cl-].[V]. The first-order chi connectivity index (χ1) is 15.1. The molecule has 0 amide bonds. The Morgan fingerprint density at radius 3 is 1.23 bits per heavy atom. The number of para-hydroxylation sites is 2. The summed E-state index contributed by atoms with van der Waals surface area (Å²) >= 11 is 0. The monoisotopic (exact) mass is 567 g/mol. The number of benzene rings is 2. The number of rotatable bonds is 8. The van der Waals surface area contributed by atoms with E-state index in [1.165, 1.54) is 22.3 Å². The molecular weight excluding hydrogens is 536 g/mol. The van der Waals surface area contributed by atoms with E-state index in [2.05, 4.69) is 83.1 Å². The summed E-state index contributed by atoms with van der Waals surface area (Å²) in [6.07, 6.45) is 7.64. The first-order valence-corrected chi connectivity index (χ1v) is 11.4. The van der Waals surface area contributed by atoms with Crippen molar-refractivity contribution in [1.82, 2.24) is 4.98 Å². The van der Waals surface area contributed by atoms with Gasteiger partial charge in [-0.2, -0.15) is 0 Å². The van der Waals surface area contributed by atoms with E-state index >= 15 is 0 Å². The number of aliphatic imine (C=N–C) groups is 2. The van der Waals surface area contributed by atoms with Gasteiger partial charge < -0.3 is 37.2 Å². The Kier molecular flexibility index (Phi) is 18.0. The van der Waals surface area contributed by atoms with Crippen LogP contribution in [0.4, 0.5) is 11.4 Å². The van der Waals surface area contributed by atoms with E-state index in [0.29, 0.717) is 0 Å². The zero-order valence-electron chi connectivity index (χ0n) is 21.0. The Morgan fingerprint density at radius 2 is 0.943 bits per heavy atom. The standard InChI is InChI=1S/C28H33N3.3ClH.V/c1-6-21-12-10-13-22(7-2)27(21)29-18-25-16-20(5)17-26(31-25)19-30-28-23(8-3)14-11-15-24(28)9-4;;;;/h10-19H,6-9H2,1-5H3;3*1H;/p-3. The molecule has 7 heteroatoms. The molecule has 0 unspecified atom stereocenters. The van der Waals surface area contributed by atoms with Crippen molar-refractivity contribution < 1.29 is 55.8 Å². The van der Waals surface area contributed by atoms with Gasteiger partial charge in [0.15, 0.2) is 0 Å². The molecule has 1 radical (unpaired) electrons. The van der Waals surface area contributed by atoms with E-state index in [1.54, 1.807) is 0 Å². The maximum Gasteiger partial charge on any atom is 0.0823 e. The smallest absolute Gasteiger partial charge is 0.0823 e. The van der Waals surface area contributed by atoms with E-state index in [9.17, 15) is 0 Å². The molecule has 3 aromatic rings. The van der Waals surface area contributed by atoms with E-state index in [-0.39, 0.29) is 55.8 Å². The molecule has 0 spiro atoms. The van der Waals surface area contributed by atoms with Gasteiger partial charge in [0.1, 0.15) is 0 Å². The third-order valence-electron chi connectivity index (χ3n) is 5.59. The van der Waals surface area contributed by atoms with Crippen molar-refractivity contribution in [2.45, 2.75) is 60.3 Å². The van der Waals surface area contributed by atoms with Crippen molar-refractivity contribution in [1.29, 1.82) is 0 Å². The molecule has 35 heavy (non-hydrogen) atoms. The fraction of sp³-hybridized carbons (Fsp3) is 0.321. The zero-order valence-corrected chi connectivity index (χ0v) is 24.7. The van der Waals surface area contributed by atoms with Crippen LogP contribution >= 0.6 is 0 Å². The molecule has 3 nitrogen and oxygen atoms in total. The average molecular weight is 569 g/mol. The van der Waals surface area contributed by atoms with Gasteiger partial charge in [0.2, 0.25) is 0 Å². The van der Waals surface area contributed by atoms with Crippen LogP contribution in [0.2, 0.25) is 0 Å². The fourth-order valence-corrected chi connectivity index (χ4v) is 3.88. The predicted octanol–water partition coefficient (Wildman–Crippen LogP) is -1.85. The average Bonchev–Trinajstić information content (AvgIpc) is 2.80.